The summed E-state index contributed by atoms with van der Waals surface area (Å²) in [5, 5.41) is 3.83. The molecule has 0 bridgehead atoms. The zero-order chi connectivity index (χ0) is 16.9. The van der Waals surface area contributed by atoms with Gasteiger partial charge in [-0.3, -0.25) is 4.79 Å². The molecule has 1 amide bonds. The van der Waals surface area contributed by atoms with Crippen LogP contribution in [0.25, 0.3) is 10.9 Å². The van der Waals surface area contributed by atoms with Gasteiger partial charge in [-0.25, -0.2) is 0 Å². The smallest absolute Gasteiger partial charge is 0.262 e. The largest absolute Gasteiger partial charge is 0.484 e. The van der Waals surface area contributed by atoms with Gasteiger partial charge in [-0.05, 0) is 61.0 Å². The minimum Gasteiger partial charge on any atom is -0.484 e. The van der Waals surface area contributed by atoms with E-state index in [4.69, 9.17) is 16.2 Å². The third kappa shape index (κ3) is 3.67. The van der Waals surface area contributed by atoms with Crippen LogP contribution in [0, 0.1) is 0 Å². The number of nitrogens with one attached hydrogen (secondary N) is 2. The van der Waals surface area contributed by atoms with Gasteiger partial charge in [0.05, 0.1) is 0 Å². The van der Waals surface area contributed by atoms with Gasteiger partial charge in [0.2, 0.25) is 0 Å². The molecule has 0 saturated carbocycles. The summed E-state index contributed by atoms with van der Waals surface area (Å²) >= 11 is 0. The average Bonchev–Trinajstić information content (AvgIpc) is 2.98. The number of aromatic nitrogens is 1. The summed E-state index contributed by atoms with van der Waals surface area (Å²) in [6.07, 6.45) is 2.75. The second kappa shape index (κ2) is 7.06. The number of H-pyrrole nitrogens is 1. The lowest BCUT2D eigenvalue weighted by Gasteiger charge is -2.08. The summed E-state index contributed by atoms with van der Waals surface area (Å²) in [5.74, 6) is 0.420. The first-order valence-electron chi connectivity index (χ1n) is 7.74. The Morgan fingerprint density at radius 1 is 1.17 bits per heavy atom. The number of ether oxygens (including phenoxy) is 1. The Morgan fingerprint density at radius 3 is 2.71 bits per heavy atom. The maximum atomic E-state index is 12.0. The zero-order valence-corrected chi connectivity index (χ0v) is 13.2. The lowest BCUT2D eigenvalue weighted by molar-refractivity contribution is -0.118. The molecule has 0 saturated heterocycles. The van der Waals surface area contributed by atoms with Gasteiger partial charge in [-0.2, -0.15) is 0 Å². The molecular formula is C18H20N4O2. The highest BCUT2D eigenvalue weighted by atomic mass is 16.5. The van der Waals surface area contributed by atoms with Gasteiger partial charge < -0.3 is 26.5 Å². The minimum atomic E-state index is -0.226. The van der Waals surface area contributed by atoms with Crippen LogP contribution in [0.5, 0.6) is 5.75 Å². The molecule has 6 nitrogen and oxygen atoms in total. The van der Waals surface area contributed by atoms with Crippen LogP contribution in [0.2, 0.25) is 0 Å². The number of amides is 1. The van der Waals surface area contributed by atoms with Gasteiger partial charge >= 0.3 is 0 Å². The quantitative estimate of drug-likeness (QED) is 0.522. The van der Waals surface area contributed by atoms with Crippen LogP contribution in [-0.2, 0) is 11.2 Å². The van der Waals surface area contributed by atoms with Crippen LogP contribution in [0.3, 0.4) is 0 Å². The predicted molar refractivity (Wildman–Crippen MR) is 96.0 cm³/mol. The fourth-order valence-electron chi connectivity index (χ4n) is 2.52. The number of carbonyl (C=O) groups is 1. The third-order valence-electron chi connectivity index (χ3n) is 3.72. The number of fused-ring (bicyclic) bond motifs is 1. The second-order valence-corrected chi connectivity index (χ2v) is 5.52. The van der Waals surface area contributed by atoms with Crippen molar-refractivity contribution in [3.63, 3.8) is 0 Å². The molecule has 0 spiro atoms. The van der Waals surface area contributed by atoms with E-state index in [9.17, 15) is 4.79 Å². The van der Waals surface area contributed by atoms with Crippen LogP contribution in [0.4, 0.5) is 11.4 Å². The molecule has 3 rings (SSSR count). The van der Waals surface area contributed by atoms with Crippen LogP contribution < -0.4 is 21.5 Å². The van der Waals surface area contributed by atoms with Crippen molar-refractivity contribution >= 4 is 28.2 Å². The molecule has 0 aliphatic rings. The van der Waals surface area contributed by atoms with E-state index in [-0.39, 0.29) is 12.5 Å². The fraction of sp³-hybridized carbons (Fsp3) is 0.167. The highest BCUT2D eigenvalue weighted by molar-refractivity contribution is 5.92. The number of anilines is 2. The van der Waals surface area contributed by atoms with E-state index in [1.807, 2.05) is 24.4 Å². The SMILES string of the molecule is NCCc1c[nH]c2ccc(OCC(=O)Nc3ccc(N)cc3)cc12. The maximum Gasteiger partial charge on any atom is 0.262 e. The number of hydrogen-bond acceptors (Lipinski definition) is 4. The number of rotatable bonds is 6. The monoisotopic (exact) mass is 324 g/mol. The van der Waals surface area contributed by atoms with Gasteiger partial charge in [-0.1, -0.05) is 0 Å². The molecule has 0 radical (unpaired) electrons. The van der Waals surface area contributed by atoms with Gasteiger partial charge in [0, 0.05) is 28.5 Å². The summed E-state index contributed by atoms with van der Waals surface area (Å²) in [6, 6.07) is 12.7. The van der Waals surface area contributed by atoms with Crippen LogP contribution in [-0.4, -0.2) is 24.0 Å². The van der Waals surface area contributed by atoms with Gasteiger partial charge in [0.25, 0.3) is 5.91 Å². The number of nitrogen functional groups attached to an aromatic ring is 1. The van der Waals surface area contributed by atoms with Crippen molar-refractivity contribution in [1.29, 1.82) is 0 Å². The number of carbonyl (C=O) groups excluding carboxylic acids is 1. The molecule has 3 aromatic rings. The van der Waals surface area contributed by atoms with Gasteiger partial charge in [0.15, 0.2) is 6.61 Å². The first-order chi connectivity index (χ1) is 11.7. The number of benzene rings is 2. The van der Waals surface area contributed by atoms with Crippen molar-refractivity contribution < 1.29 is 9.53 Å². The molecule has 6 N–H and O–H groups in total. The highest BCUT2D eigenvalue weighted by Crippen LogP contribution is 2.24. The molecule has 2 aromatic carbocycles. The standard InChI is InChI=1S/C18H20N4O2/c19-8-7-12-10-21-17-6-5-15(9-16(12)17)24-11-18(23)22-14-3-1-13(20)2-4-14/h1-6,9-10,21H,7-8,11,19-20H2,(H,22,23). The Hall–Kier alpha value is -2.99. The second-order valence-electron chi connectivity index (χ2n) is 5.52. The molecule has 0 fully saturated rings. The summed E-state index contributed by atoms with van der Waals surface area (Å²) in [5.41, 5.74) is 14.7. The first-order valence-corrected chi connectivity index (χ1v) is 7.74. The van der Waals surface area contributed by atoms with Crippen molar-refractivity contribution in [3.8, 4) is 5.75 Å². The lowest BCUT2D eigenvalue weighted by Crippen LogP contribution is -2.20. The van der Waals surface area contributed by atoms with E-state index in [2.05, 4.69) is 10.3 Å². The van der Waals surface area contributed by atoms with Crippen LogP contribution in [0.1, 0.15) is 5.56 Å². The maximum absolute atomic E-state index is 12.0. The van der Waals surface area contributed by atoms with E-state index in [1.165, 1.54) is 0 Å². The van der Waals surface area contributed by atoms with Gasteiger partial charge in [-0.15, -0.1) is 0 Å². The van der Waals surface area contributed by atoms with Crippen molar-refractivity contribution in [1.82, 2.24) is 4.98 Å². The zero-order valence-electron chi connectivity index (χ0n) is 13.2. The Kier molecular flexibility index (Phi) is 4.67. The highest BCUT2D eigenvalue weighted by Gasteiger charge is 2.07. The van der Waals surface area contributed by atoms with Crippen molar-refractivity contribution in [2.75, 3.05) is 24.2 Å². The number of nitrogens with two attached hydrogens (primary N) is 2. The Morgan fingerprint density at radius 2 is 1.96 bits per heavy atom. The summed E-state index contributed by atoms with van der Waals surface area (Å²) in [6.45, 7) is 0.522. The molecule has 124 valence electrons. The molecule has 24 heavy (non-hydrogen) atoms. The molecule has 0 aliphatic heterocycles. The van der Waals surface area contributed by atoms with Crippen molar-refractivity contribution in [3.05, 3.63) is 54.2 Å². The summed E-state index contributed by atoms with van der Waals surface area (Å²) in [7, 11) is 0. The minimum absolute atomic E-state index is 0.0630. The van der Waals surface area contributed by atoms with Crippen LogP contribution >= 0.6 is 0 Å². The normalized spacial score (nSPS) is 10.7. The van der Waals surface area contributed by atoms with E-state index in [0.29, 0.717) is 23.7 Å². The molecule has 0 atom stereocenters. The molecule has 6 heteroatoms. The number of aromatic amines is 1. The number of hydrogen-bond donors (Lipinski definition) is 4. The molecule has 0 unspecified atom stereocenters. The van der Waals surface area contributed by atoms with Gasteiger partial charge in [0.1, 0.15) is 5.75 Å². The van der Waals surface area contributed by atoms with Crippen molar-refractivity contribution in [2.45, 2.75) is 6.42 Å². The van der Waals surface area contributed by atoms with E-state index >= 15 is 0 Å². The first kappa shape index (κ1) is 15.9. The summed E-state index contributed by atoms with van der Waals surface area (Å²) in [4.78, 5) is 15.2. The summed E-state index contributed by atoms with van der Waals surface area (Å²) < 4.78 is 5.59. The Balaban J connectivity index is 1.63. The molecular weight excluding hydrogens is 304 g/mol. The lowest BCUT2D eigenvalue weighted by atomic mass is 10.1. The average molecular weight is 324 g/mol. The van der Waals surface area contributed by atoms with Crippen LogP contribution in [0.15, 0.2) is 48.7 Å². The van der Waals surface area contributed by atoms with E-state index in [1.54, 1.807) is 24.3 Å². The molecule has 1 aromatic heterocycles. The third-order valence-corrected chi connectivity index (χ3v) is 3.72. The molecule has 1 heterocycles. The van der Waals surface area contributed by atoms with E-state index < -0.39 is 0 Å². The Bertz CT molecular complexity index is 840. The molecule has 0 aliphatic carbocycles. The Labute approximate surface area is 139 Å². The fourth-order valence-corrected chi connectivity index (χ4v) is 2.52. The topological polar surface area (TPSA) is 106 Å². The van der Waals surface area contributed by atoms with Crippen molar-refractivity contribution in [2.24, 2.45) is 5.73 Å². The van der Waals surface area contributed by atoms with E-state index in [0.717, 1.165) is 22.9 Å². The predicted octanol–water partition coefficient (Wildman–Crippen LogP) is 2.27.